The van der Waals surface area contributed by atoms with Crippen molar-refractivity contribution in [1.29, 1.82) is 0 Å². The van der Waals surface area contributed by atoms with Gasteiger partial charge in [-0.25, -0.2) is 14.2 Å². The molecule has 0 aliphatic heterocycles. The summed E-state index contributed by atoms with van der Waals surface area (Å²) in [5.74, 6) is 1.30. The summed E-state index contributed by atoms with van der Waals surface area (Å²) >= 11 is 9.55. The highest BCUT2D eigenvalue weighted by Crippen LogP contribution is 2.32. The zero-order valence-corrected chi connectivity index (χ0v) is 20.7. The molecule has 1 heterocycles. The average Bonchev–Trinajstić information content (AvgIpc) is 2.68. The Bertz CT molecular complexity index is 983. The summed E-state index contributed by atoms with van der Waals surface area (Å²) in [6.07, 6.45) is 2.57. The fourth-order valence-electron chi connectivity index (χ4n) is 2.39. The van der Waals surface area contributed by atoms with Crippen molar-refractivity contribution in [2.24, 2.45) is 15.3 Å². The lowest BCUT2D eigenvalue weighted by molar-refractivity contribution is 0.552. The molecule has 0 aliphatic carbocycles. The van der Waals surface area contributed by atoms with Crippen molar-refractivity contribution in [3.63, 3.8) is 0 Å². The van der Waals surface area contributed by atoms with E-state index in [1.807, 2.05) is 24.9 Å². The second-order valence-electron chi connectivity index (χ2n) is 7.29. The van der Waals surface area contributed by atoms with Gasteiger partial charge in [0.25, 0.3) is 0 Å². The first-order valence-corrected chi connectivity index (χ1v) is 12.4. The largest absolute Gasteiger partial charge is 0.366 e. The zero-order chi connectivity index (χ0) is 21.6. The molecule has 2 aromatic rings. The number of benzene rings is 1. The van der Waals surface area contributed by atoms with Crippen LogP contribution >= 0.6 is 27.5 Å². The molecule has 5 nitrogen and oxygen atoms in total. The van der Waals surface area contributed by atoms with E-state index in [1.54, 1.807) is 30.6 Å². The molecule has 0 amide bonds. The summed E-state index contributed by atoms with van der Waals surface area (Å²) in [6, 6.07) is 8.93. The predicted molar refractivity (Wildman–Crippen MR) is 127 cm³/mol. The Labute approximate surface area is 187 Å². The lowest BCUT2D eigenvalue weighted by Crippen LogP contribution is -2.14. The SMILES string of the molecule is CCN(C)/C=N\c1cc(Br)c(N=S(=O)(CCC(C)C)c2ccc(Cl)cc2)nc1C. The van der Waals surface area contributed by atoms with Crippen LogP contribution in [0.1, 0.15) is 32.9 Å². The number of hydrogen-bond donors (Lipinski definition) is 0. The van der Waals surface area contributed by atoms with E-state index in [0.29, 0.717) is 31.9 Å². The molecular formula is C21H28BrClN4OS. The molecule has 8 heteroatoms. The molecule has 0 aliphatic rings. The minimum absolute atomic E-state index is 0.420. The predicted octanol–water partition coefficient (Wildman–Crippen LogP) is 6.62. The summed E-state index contributed by atoms with van der Waals surface area (Å²) < 4.78 is 19.2. The summed E-state index contributed by atoms with van der Waals surface area (Å²) in [4.78, 5) is 11.7. The van der Waals surface area contributed by atoms with Crippen molar-refractivity contribution in [2.75, 3.05) is 19.3 Å². The number of nitrogens with zero attached hydrogens (tertiary/aromatic N) is 4. The van der Waals surface area contributed by atoms with Gasteiger partial charge >= 0.3 is 0 Å². The molecule has 1 aromatic carbocycles. The topological polar surface area (TPSA) is 57.9 Å². The maximum Gasteiger partial charge on any atom is 0.176 e. The van der Waals surface area contributed by atoms with Crippen LogP contribution < -0.4 is 0 Å². The fourth-order valence-corrected chi connectivity index (χ4v) is 5.23. The second-order valence-corrected chi connectivity index (χ2v) is 10.9. The molecular weight excluding hydrogens is 472 g/mol. The molecule has 0 bridgehead atoms. The van der Waals surface area contributed by atoms with Crippen LogP contribution in [-0.2, 0) is 9.73 Å². The molecule has 0 saturated carbocycles. The number of aryl methyl sites for hydroxylation is 1. The average molecular weight is 500 g/mol. The Balaban J connectivity index is 2.52. The van der Waals surface area contributed by atoms with Crippen molar-refractivity contribution in [2.45, 2.75) is 39.0 Å². The molecule has 29 heavy (non-hydrogen) atoms. The van der Waals surface area contributed by atoms with E-state index >= 15 is 0 Å². The Morgan fingerprint density at radius 2 is 1.97 bits per heavy atom. The van der Waals surface area contributed by atoms with Crippen LogP contribution in [0.25, 0.3) is 0 Å². The number of aliphatic imine (C=N–C) groups is 1. The molecule has 1 unspecified atom stereocenters. The Hall–Kier alpha value is -1.44. The number of rotatable bonds is 8. The highest BCUT2D eigenvalue weighted by molar-refractivity contribution is 9.10. The molecule has 0 spiro atoms. The zero-order valence-electron chi connectivity index (χ0n) is 17.5. The molecule has 0 saturated heterocycles. The van der Waals surface area contributed by atoms with E-state index in [2.05, 4.69) is 51.0 Å². The smallest absolute Gasteiger partial charge is 0.176 e. The first kappa shape index (κ1) is 23.8. The molecule has 0 fully saturated rings. The summed E-state index contributed by atoms with van der Waals surface area (Å²) in [7, 11) is -0.728. The normalized spacial score (nSPS) is 13.7. The van der Waals surface area contributed by atoms with Crippen LogP contribution in [0.15, 0.2) is 49.1 Å². The Morgan fingerprint density at radius 3 is 2.55 bits per heavy atom. The van der Waals surface area contributed by atoms with Gasteiger partial charge in [0.15, 0.2) is 5.82 Å². The molecule has 158 valence electrons. The van der Waals surface area contributed by atoms with E-state index in [1.165, 1.54) is 0 Å². The molecule has 1 aromatic heterocycles. The quantitative estimate of drug-likeness (QED) is 0.303. The maximum absolute atomic E-state index is 13.9. The van der Waals surface area contributed by atoms with Gasteiger partial charge in [-0.15, -0.1) is 0 Å². The highest BCUT2D eigenvalue weighted by atomic mass is 79.9. The van der Waals surface area contributed by atoms with E-state index in [-0.39, 0.29) is 0 Å². The first-order valence-electron chi connectivity index (χ1n) is 9.56. The molecule has 0 radical (unpaired) electrons. The van der Waals surface area contributed by atoms with Crippen LogP contribution in [0.5, 0.6) is 0 Å². The molecule has 2 rings (SSSR count). The number of aromatic nitrogens is 1. The van der Waals surface area contributed by atoms with Gasteiger partial charge in [0.05, 0.1) is 31.9 Å². The lowest BCUT2D eigenvalue weighted by Gasteiger charge is -2.13. The van der Waals surface area contributed by atoms with Gasteiger partial charge in [-0.05, 0) is 72.4 Å². The van der Waals surface area contributed by atoms with Crippen molar-refractivity contribution >= 4 is 55.1 Å². The fraction of sp³-hybridized carbons (Fsp3) is 0.429. The van der Waals surface area contributed by atoms with Gasteiger partial charge in [-0.2, -0.15) is 4.36 Å². The van der Waals surface area contributed by atoms with Gasteiger partial charge in [-0.1, -0.05) is 25.4 Å². The van der Waals surface area contributed by atoms with Crippen molar-refractivity contribution in [3.05, 3.63) is 45.5 Å². The third-order valence-electron chi connectivity index (χ3n) is 4.40. The third-order valence-corrected chi connectivity index (χ3v) is 7.50. The van der Waals surface area contributed by atoms with E-state index in [4.69, 9.17) is 11.6 Å². The molecule has 0 N–H and O–H groups in total. The Kier molecular flexibility index (Phi) is 8.67. The minimum atomic E-state index is -2.69. The standard InChI is InChI=1S/C21H28BrClN4OS/c1-6-27(5)14-24-20-13-19(22)21(25-16(20)4)26-29(28,12-11-15(2)3)18-9-7-17(23)8-10-18/h7-10,13-15H,6,11-12H2,1-5H3/b24-14-. The van der Waals surface area contributed by atoms with Gasteiger partial charge in [0.2, 0.25) is 0 Å². The van der Waals surface area contributed by atoms with E-state index < -0.39 is 9.73 Å². The summed E-state index contributed by atoms with van der Waals surface area (Å²) in [6.45, 7) is 9.02. The van der Waals surface area contributed by atoms with Crippen molar-refractivity contribution in [1.82, 2.24) is 9.88 Å². The number of halogens is 2. The number of pyridine rings is 1. The van der Waals surface area contributed by atoms with E-state index in [0.717, 1.165) is 24.3 Å². The first-order chi connectivity index (χ1) is 13.6. The van der Waals surface area contributed by atoms with Crippen LogP contribution in [0, 0.1) is 12.8 Å². The van der Waals surface area contributed by atoms with Gasteiger partial charge in [0.1, 0.15) is 0 Å². The van der Waals surface area contributed by atoms with E-state index in [9.17, 15) is 4.21 Å². The third kappa shape index (κ3) is 6.79. The lowest BCUT2D eigenvalue weighted by atomic mass is 10.2. The number of hydrogen-bond acceptors (Lipinski definition) is 4. The summed E-state index contributed by atoms with van der Waals surface area (Å²) in [5, 5.41) is 0.605. The maximum atomic E-state index is 13.9. The van der Waals surface area contributed by atoms with Crippen molar-refractivity contribution < 1.29 is 4.21 Å². The minimum Gasteiger partial charge on any atom is -0.366 e. The van der Waals surface area contributed by atoms with Crippen LogP contribution in [0.4, 0.5) is 11.5 Å². The highest BCUT2D eigenvalue weighted by Gasteiger charge is 2.17. The van der Waals surface area contributed by atoms with Crippen LogP contribution in [0.2, 0.25) is 5.02 Å². The van der Waals surface area contributed by atoms with Gasteiger partial charge in [-0.3, -0.25) is 0 Å². The monoisotopic (exact) mass is 498 g/mol. The van der Waals surface area contributed by atoms with Crippen molar-refractivity contribution in [3.8, 4) is 0 Å². The second kappa shape index (κ2) is 10.5. The van der Waals surface area contributed by atoms with Gasteiger partial charge < -0.3 is 4.90 Å². The summed E-state index contributed by atoms with van der Waals surface area (Å²) in [5.41, 5.74) is 1.48. The van der Waals surface area contributed by atoms with Crippen LogP contribution in [-0.4, -0.2) is 39.8 Å². The molecule has 1 atom stereocenters. The van der Waals surface area contributed by atoms with Crippen LogP contribution in [0.3, 0.4) is 0 Å². The Morgan fingerprint density at radius 1 is 1.31 bits per heavy atom. The van der Waals surface area contributed by atoms with Gasteiger partial charge in [0, 0.05) is 29.3 Å².